The molecule has 2 aromatic rings. The topological polar surface area (TPSA) is 65.2 Å². The second kappa shape index (κ2) is 5.79. The molecule has 1 heterocycles. The fraction of sp³-hybridized carbons (Fsp3) is 0.250. The van der Waals surface area contributed by atoms with E-state index in [1.165, 1.54) is 18.2 Å². The number of aromatic nitrogens is 2. The van der Waals surface area contributed by atoms with Crippen LogP contribution in [-0.4, -0.2) is 22.8 Å². The Morgan fingerprint density at radius 3 is 2.95 bits per heavy atom. The van der Waals surface area contributed by atoms with Gasteiger partial charge in [0.2, 0.25) is 5.89 Å². The number of hydrogen-bond acceptors (Lipinski definition) is 5. The molecule has 7 heteroatoms. The molecule has 19 heavy (non-hydrogen) atoms. The summed E-state index contributed by atoms with van der Waals surface area (Å²) in [5.74, 6) is -1.11. The summed E-state index contributed by atoms with van der Waals surface area (Å²) >= 11 is 5.88. The summed E-state index contributed by atoms with van der Waals surface area (Å²) < 4.78 is 22.7. The number of nitrogens with zero attached hydrogens (tertiary/aromatic N) is 2. The SMILES string of the molecule is CCOC(=O)c1nnc(Cc2ccc(F)cc2Cl)o1. The highest BCUT2D eigenvalue weighted by atomic mass is 35.5. The van der Waals surface area contributed by atoms with E-state index < -0.39 is 11.8 Å². The van der Waals surface area contributed by atoms with Crippen molar-refractivity contribution < 1.29 is 18.3 Å². The second-order valence-corrected chi connectivity index (χ2v) is 4.04. The zero-order chi connectivity index (χ0) is 13.8. The van der Waals surface area contributed by atoms with E-state index in [2.05, 4.69) is 10.2 Å². The number of halogens is 2. The molecule has 0 N–H and O–H groups in total. The number of carbonyl (C=O) groups excluding carboxylic acids is 1. The molecule has 0 unspecified atom stereocenters. The fourth-order valence-corrected chi connectivity index (χ4v) is 1.66. The van der Waals surface area contributed by atoms with Crippen molar-refractivity contribution in [1.29, 1.82) is 0 Å². The predicted molar refractivity (Wildman–Crippen MR) is 64.5 cm³/mol. The van der Waals surface area contributed by atoms with Gasteiger partial charge in [-0.05, 0) is 24.6 Å². The highest BCUT2D eigenvalue weighted by Gasteiger charge is 2.16. The zero-order valence-corrected chi connectivity index (χ0v) is 10.8. The summed E-state index contributed by atoms with van der Waals surface area (Å²) in [6, 6.07) is 4.00. The van der Waals surface area contributed by atoms with Crippen molar-refractivity contribution in [3.63, 3.8) is 0 Å². The standard InChI is InChI=1S/C12H10ClFN2O3/c1-2-18-12(17)11-16-15-10(19-11)5-7-3-4-8(14)6-9(7)13/h3-4,6H,2,5H2,1H3. The van der Waals surface area contributed by atoms with Crippen LogP contribution < -0.4 is 0 Å². The molecule has 1 aromatic heterocycles. The molecule has 2 rings (SSSR count). The van der Waals surface area contributed by atoms with Crippen molar-refractivity contribution in [2.24, 2.45) is 0 Å². The van der Waals surface area contributed by atoms with Crippen LogP contribution in [0.5, 0.6) is 0 Å². The van der Waals surface area contributed by atoms with Crippen molar-refractivity contribution in [3.05, 3.63) is 46.4 Å². The maximum Gasteiger partial charge on any atom is 0.396 e. The predicted octanol–water partition coefficient (Wildman–Crippen LogP) is 2.63. The number of ether oxygens (including phenoxy) is 1. The van der Waals surface area contributed by atoms with Gasteiger partial charge in [-0.15, -0.1) is 10.2 Å². The lowest BCUT2D eigenvalue weighted by Crippen LogP contribution is -2.04. The first-order valence-electron chi connectivity index (χ1n) is 5.53. The summed E-state index contributed by atoms with van der Waals surface area (Å²) in [6.07, 6.45) is 0.214. The van der Waals surface area contributed by atoms with Crippen LogP contribution in [0.4, 0.5) is 4.39 Å². The molecule has 0 saturated heterocycles. The lowest BCUT2D eigenvalue weighted by Gasteiger charge is -2.00. The van der Waals surface area contributed by atoms with Gasteiger partial charge in [-0.2, -0.15) is 0 Å². The Hall–Kier alpha value is -1.95. The lowest BCUT2D eigenvalue weighted by atomic mass is 10.1. The van der Waals surface area contributed by atoms with Gasteiger partial charge < -0.3 is 9.15 Å². The van der Waals surface area contributed by atoms with Gasteiger partial charge in [-0.3, -0.25) is 0 Å². The first-order chi connectivity index (χ1) is 9.10. The lowest BCUT2D eigenvalue weighted by molar-refractivity contribution is 0.0479. The molecule has 0 fully saturated rings. The van der Waals surface area contributed by atoms with E-state index >= 15 is 0 Å². The van der Waals surface area contributed by atoms with Crippen LogP contribution in [0.1, 0.15) is 29.1 Å². The molecule has 5 nitrogen and oxygen atoms in total. The first-order valence-corrected chi connectivity index (χ1v) is 5.91. The van der Waals surface area contributed by atoms with E-state index in [1.54, 1.807) is 6.92 Å². The van der Waals surface area contributed by atoms with E-state index in [4.69, 9.17) is 20.8 Å². The number of esters is 1. The van der Waals surface area contributed by atoms with Gasteiger partial charge in [-0.25, -0.2) is 9.18 Å². The summed E-state index contributed by atoms with van der Waals surface area (Å²) in [6.45, 7) is 1.90. The van der Waals surface area contributed by atoms with Gasteiger partial charge in [0.15, 0.2) is 0 Å². The van der Waals surface area contributed by atoms with E-state index in [9.17, 15) is 9.18 Å². The molecule has 100 valence electrons. The number of carbonyl (C=O) groups is 1. The molecule has 0 aliphatic heterocycles. The number of hydrogen-bond donors (Lipinski definition) is 0. The minimum absolute atomic E-state index is 0.205. The molecule has 1 aromatic carbocycles. The molecule has 0 aliphatic carbocycles. The molecular weight excluding hydrogens is 275 g/mol. The molecule has 0 spiro atoms. The summed E-state index contributed by atoms with van der Waals surface area (Å²) in [4.78, 5) is 11.3. The van der Waals surface area contributed by atoms with E-state index in [-0.39, 0.29) is 29.8 Å². The first kappa shape index (κ1) is 13.5. The highest BCUT2D eigenvalue weighted by Crippen LogP contribution is 2.20. The Labute approximate surface area is 113 Å². The minimum atomic E-state index is -0.675. The second-order valence-electron chi connectivity index (χ2n) is 3.63. The normalized spacial score (nSPS) is 10.5. The van der Waals surface area contributed by atoms with E-state index in [0.717, 1.165) is 0 Å². The van der Waals surface area contributed by atoms with Crippen molar-refractivity contribution in [1.82, 2.24) is 10.2 Å². The number of rotatable bonds is 4. The van der Waals surface area contributed by atoms with E-state index in [0.29, 0.717) is 5.56 Å². The van der Waals surface area contributed by atoms with Crippen molar-refractivity contribution in [2.45, 2.75) is 13.3 Å². The summed E-state index contributed by atoms with van der Waals surface area (Å²) in [7, 11) is 0. The summed E-state index contributed by atoms with van der Waals surface area (Å²) in [5.41, 5.74) is 0.627. The van der Waals surface area contributed by atoms with Crippen LogP contribution in [0.2, 0.25) is 5.02 Å². The third-order valence-electron chi connectivity index (χ3n) is 2.27. The van der Waals surface area contributed by atoms with Crippen LogP contribution in [0.15, 0.2) is 22.6 Å². The molecule has 0 radical (unpaired) electrons. The van der Waals surface area contributed by atoms with Gasteiger partial charge in [0.25, 0.3) is 0 Å². The molecule has 0 amide bonds. The largest absolute Gasteiger partial charge is 0.459 e. The average Bonchev–Trinajstić information content (AvgIpc) is 2.82. The number of benzene rings is 1. The molecule has 0 bridgehead atoms. The van der Waals surface area contributed by atoms with Crippen molar-refractivity contribution in [3.8, 4) is 0 Å². The Morgan fingerprint density at radius 2 is 2.26 bits per heavy atom. The highest BCUT2D eigenvalue weighted by molar-refractivity contribution is 6.31. The Balaban J connectivity index is 2.13. The Kier molecular flexibility index (Phi) is 4.11. The van der Waals surface area contributed by atoms with Gasteiger partial charge >= 0.3 is 11.9 Å². The maximum absolute atomic E-state index is 12.9. The fourth-order valence-electron chi connectivity index (χ4n) is 1.43. The smallest absolute Gasteiger partial charge is 0.396 e. The molecule has 0 saturated carbocycles. The van der Waals surface area contributed by atoms with Gasteiger partial charge in [0.05, 0.1) is 13.0 Å². The molecule has 0 atom stereocenters. The average molecular weight is 285 g/mol. The third-order valence-corrected chi connectivity index (χ3v) is 2.63. The molecule has 0 aliphatic rings. The maximum atomic E-state index is 12.9. The van der Waals surface area contributed by atoms with Crippen molar-refractivity contribution >= 4 is 17.6 Å². The monoisotopic (exact) mass is 284 g/mol. The Morgan fingerprint density at radius 1 is 1.47 bits per heavy atom. The Bertz CT molecular complexity index is 600. The third kappa shape index (κ3) is 3.29. The molecular formula is C12H10ClFN2O3. The van der Waals surface area contributed by atoms with Gasteiger partial charge in [0.1, 0.15) is 5.82 Å². The van der Waals surface area contributed by atoms with Gasteiger partial charge in [-0.1, -0.05) is 17.7 Å². The van der Waals surface area contributed by atoms with Crippen LogP contribution in [0, 0.1) is 5.82 Å². The van der Waals surface area contributed by atoms with Crippen LogP contribution in [0.3, 0.4) is 0 Å². The van der Waals surface area contributed by atoms with Crippen LogP contribution in [0.25, 0.3) is 0 Å². The van der Waals surface area contributed by atoms with Crippen molar-refractivity contribution in [2.75, 3.05) is 6.61 Å². The van der Waals surface area contributed by atoms with Gasteiger partial charge in [0, 0.05) is 5.02 Å². The van der Waals surface area contributed by atoms with Crippen LogP contribution >= 0.6 is 11.6 Å². The quantitative estimate of drug-likeness (QED) is 0.808. The summed E-state index contributed by atoms with van der Waals surface area (Å²) in [5, 5.41) is 7.54. The zero-order valence-electron chi connectivity index (χ0n) is 10.0. The van der Waals surface area contributed by atoms with Crippen LogP contribution in [-0.2, 0) is 11.2 Å². The minimum Gasteiger partial charge on any atom is -0.459 e. The van der Waals surface area contributed by atoms with E-state index in [1.807, 2.05) is 0 Å².